The summed E-state index contributed by atoms with van der Waals surface area (Å²) >= 11 is 0. The maximum absolute atomic E-state index is 14.5. The first-order chi connectivity index (χ1) is 25.8. The highest BCUT2D eigenvalue weighted by molar-refractivity contribution is 7.91. The van der Waals surface area contributed by atoms with E-state index in [0.29, 0.717) is 18.6 Å². The number of amides is 5. The van der Waals surface area contributed by atoms with Gasteiger partial charge < -0.3 is 34.5 Å². The van der Waals surface area contributed by atoms with Gasteiger partial charge in [0.1, 0.15) is 42.7 Å². The van der Waals surface area contributed by atoms with Gasteiger partial charge in [-0.2, -0.15) is 0 Å². The summed E-state index contributed by atoms with van der Waals surface area (Å²) in [5, 5.41) is 4.73. The largest absolute Gasteiger partial charge is 0.489 e. The van der Waals surface area contributed by atoms with Crippen LogP contribution in [0.3, 0.4) is 0 Å². The fraction of sp³-hybridized carbons (Fsp3) is 0.605. The molecule has 3 N–H and O–H groups in total. The van der Waals surface area contributed by atoms with Crippen molar-refractivity contribution in [3.05, 3.63) is 54.1 Å². The smallest absolute Gasteiger partial charge is 0.410 e. The van der Waals surface area contributed by atoms with E-state index in [-0.39, 0.29) is 52.3 Å². The van der Waals surface area contributed by atoms with E-state index < -0.39 is 85.8 Å². The number of hydrogen-bond donors (Lipinski definition) is 3. The molecule has 0 radical (unpaired) electrons. The zero-order valence-electron chi connectivity index (χ0n) is 31.9. The summed E-state index contributed by atoms with van der Waals surface area (Å²) < 4.78 is 50.9. The number of hydrogen-bond acceptors (Lipinski definition) is 11. The lowest BCUT2D eigenvalue weighted by molar-refractivity contribution is -0.143. The molecule has 3 heterocycles. The second-order valence-electron chi connectivity index (χ2n) is 16.6. The summed E-state index contributed by atoms with van der Waals surface area (Å²) in [7, 11) is -3.93. The van der Waals surface area contributed by atoms with Crippen LogP contribution in [-0.2, 0) is 51.7 Å². The average molecular weight is 786 g/mol. The lowest BCUT2D eigenvalue weighted by atomic mass is 9.85. The van der Waals surface area contributed by atoms with Crippen molar-refractivity contribution in [1.29, 1.82) is 0 Å². The lowest BCUT2D eigenvalue weighted by Crippen LogP contribution is -2.60. The molecule has 0 aromatic heterocycles. The summed E-state index contributed by atoms with van der Waals surface area (Å²) in [5.74, 6) is -2.23. The second-order valence-corrected chi connectivity index (χ2v) is 18.5. The van der Waals surface area contributed by atoms with Gasteiger partial charge in [-0.25, -0.2) is 18.0 Å². The molecule has 1 aromatic carbocycles. The van der Waals surface area contributed by atoms with Gasteiger partial charge in [0.05, 0.1) is 30.5 Å². The molecule has 6 rings (SSSR count). The zero-order valence-corrected chi connectivity index (χ0v) is 32.7. The van der Waals surface area contributed by atoms with Crippen molar-refractivity contribution in [2.24, 2.45) is 11.3 Å². The van der Waals surface area contributed by atoms with Crippen LogP contribution in [0.15, 0.2) is 43.0 Å². The highest BCUT2D eigenvalue weighted by Crippen LogP contribution is 2.45. The Morgan fingerprint density at radius 1 is 1.05 bits per heavy atom. The zero-order chi connectivity index (χ0) is 39.9. The Balaban J connectivity index is 1.28. The molecule has 5 atom stereocenters. The fourth-order valence-corrected chi connectivity index (χ4v) is 8.43. The number of nitrogens with one attached hydrogen (secondary N) is 3. The van der Waals surface area contributed by atoms with Gasteiger partial charge in [-0.1, -0.05) is 45.1 Å². The topological polar surface area (TPSA) is 199 Å². The van der Waals surface area contributed by atoms with Gasteiger partial charge in [0.15, 0.2) is 0 Å². The van der Waals surface area contributed by atoms with E-state index in [1.165, 1.54) is 15.9 Å². The number of fused-ring (bicyclic) bond motifs is 3. The SMILES string of the molecule is C=C[C@H]1C[C@@]1(NC(=O)C1C[C@@H]2CN1C(=O)[C@H](C(C)(C)C)NC(=O)OCC(C)(C)OC/C=C/COc1cccc3c1CN(C3)C(=O)O2)C(=O)NS(=O)(=O)C1CC1. The molecule has 1 aromatic rings. The molecule has 300 valence electrons. The van der Waals surface area contributed by atoms with Crippen LogP contribution in [0.2, 0.25) is 0 Å². The van der Waals surface area contributed by atoms with E-state index in [2.05, 4.69) is 21.9 Å². The summed E-state index contributed by atoms with van der Waals surface area (Å²) in [4.78, 5) is 71.8. The normalized spacial score (nSPS) is 29.3. The molecular weight excluding hydrogens is 735 g/mol. The standard InChI is InChI=1S/C38H51N5O11S/c1-7-24-18-38(24,33(46)41-55(49,50)26-13-14-26)40-31(44)28-17-25-20-43(28)32(45)30(36(2,3)4)39-34(47)52-22-37(5,6)53-16-9-8-15-51-29-12-10-11-23-19-42(21-27(23)29)35(48)54-25/h7-12,24-26,28,30H,1,13-22H2,2-6H3,(H,39,47)(H,40,44)(H,41,46)/b9-8+/t24-,25+,28?,30+,38-/m0/s1. The minimum Gasteiger partial charge on any atom is -0.489 e. The van der Waals surface area contributed by atoms with Crippen molar-refractivity contribution in [1.82, 2.24) is 25.2 Å². The summed E-state index contributed by atoms with van der Waals surface area (Å²) in [6.07, 6.45) is 3.40. The minimum absolute atomic E-state index is 0.0999. The van der Waals surface area contributed by atoms with Crippen molar-refractivity contribution in [2.45, 2.75) is 108 Å². The number of benzene rings is 1. The van der Waals surface area contributed by atoms with Gasteiger partial charge in [-0.3, -0.25) is 24.0 Å². The number of ether oxygens (including phenoxy) is 4. The van der Waals surface area contributed by atoms with Crippen LogP contribution in [-0.4, -0.2) is 109 Å². The van der Waals surface area contributed by atoms with E-state index in [1.54, 1.807) is 46.8 Å². The molecule has 2 aliphatic carbocycles. The molecule has 3 aliphatic heterocycles. The Morgan fingerprint density at radius 3 is 2.45 bits per heavy atom. The van der Waals surface area contributed by atoms with Crippen molar-refractivity contribution in [3.63, 3.8) is 0 Å². The molecule has 5 amide bonds. The molecule has 55 heavy (non-hydrogen) atoms. The molecule has 3 fully saturated rings. The van der Waals surface area contributed by atoms with Crippen molar-refractivity contribution in [3.8, 4) is 5.75 Å². The highest BCUT2D eigenvalue weighted by Gasteiger charge is 2.62. The summed E-state index contributed by atoms with van der Waals surface area (Å²) in [6.45, 7) is 13.1. The van der Waals surface area contributed by atoms with Crippen LogP contribution in [0, 0.1) is 11.3 Å². The Labute approximate surface area is 321 Å². The molecule has 17 heteroatoms. The number of alkyl carbamates (subject to hydrolysis) is 1. The maximum Gasteiger partial charge on any atom is 0.410 e. The van der Waals surface area contributed by atoms with Crippen LogP contribution in [0.25, 0.3) is 0 Å². The van der Waals surface area contributed by atoms with Crippen LogP contribution in [0.5, 0.6) is 5.75 Å². The number of carbonyl (C=O) groups is 5. The third-order valence-corrected chi connectivity index (χ3v) is 12.4. The van der Waals surface area contributed by atoms with Crippen molar-refractivity contribution >= 4 is 39.9 Å². The number of sulfonamides is 1. The van der Waals surface area contributed by atoms with Crippen molar-refractivity contribution < 1.29 is 51.3 Å². The van der Waals surface area contributed by atoms with Gasteiger partial charge in [0.25, 0.3) is 5.91 Å². The molecule has 5 aliphatic rings. The van der Waals surface area contributed by atoms with Crippen LogP contribution >= 0.6 is 0 Å². The number of nitrogens with zero attached hydrogens (tertiary/aromatic N) is 2. The highest BCUT2D eigenvalue weighted by atomic mass is 32.2. The van der Waals surface area contributed by atoms with Crippen molar-refractivity contribution in [2.75, 3.05) is 26.4 Å². The first-order valence-electron chi connectivity index (χ1n) is 18.6. The Morgan fingerprint density at radius 2 is 1.78 bits per heavy atom. The van der Waals surface area contributed by atoms with E-state index >= 15 is 0 Å². The number of rotatable bonds is 6. The Kier molecular flexibility index (Phi) is 11.0. The molecule has 0 spiro atoms. The molecule has 16 nitrogen and oxygen atoms in total. The predicted molar refractivity (Wildman–Crippen MR) is 198 cm³/mol. The Bertz CT molecular complexity index is 1870. The molecule has 1 saturated heterocycles. The van der Waals surface area contributed by atoms with Gasteiger partial charge in [0.2, 0.25) is 21.8 Å². The second kappa shape index (κ2) is 15.1. The third-order valence-electron chi connectivity index (χ3n) is 10.6. The van der Waals surface area contributed by atoms with Crippen LogP contribution < -0.4 is 20.1 Å². The van der Waals surface area contributed by atoms with Gasteiger partial charge in [0, 0.05) is 24.4 Å². The van der Waals surface area contributed by atoms with Crippen LogP contribution in [0.4, 0.5) is 9.59 Å². The van der Waals surface area contributed by atoms with E-state index in [9.17, 15) is 32.4 Å². The fourth-order valence-electron chi connectivity index (χ4n) is 7.07. The molecule has 4 bridgehead atoms. The lowest BCUT2D eigenvalue weighted by Gasteiger charge is -2.35. The van der Waals surface area contributed by atoms with Gasteiger partial charge in [-0.05, 0) is 56.2 Å². The minimum atomic E-state index is -3.93. The summed E-state index contributed by atoms with van der Waals surface area (Å²) in [5.41, 5.74) is -1.66. The van der Waals surface area contributed by atoms with E-state index in [4.69, 9.17) is 18.9 Å². The Hall–Kier alpha value is -4.64. The predicted octanol–water partition coefficient (Wildman–Crippen LogP) is 2.66. The van der Waals surface area contributed by atoms with Gasteiger partial charge in [-0.15, -0.1) is 6.58 Å². The molecular formula is C38H51N5O11S. The average Bonchev–Trinajstić information content (AvgIpc) is 4.00. The number of carbonyl (C=O) groups excluding carboxylic acids is 5. The van der Waals surface area contributed by atoms with Crippen LogP contribution in [0.1, 0.15) is 71.4 Å². The first kappa shape index (κ1) is 40.0. The quantitative estimate of drug-likeness (QED) is 0.359. The first-order valence-corrected chi connectivity index (χ1v) is 20.1. The monoisotopic (exact) mass is 785 g/mol. The maximum atomic E-state index is 14.5. The van der Waals surface area contributed by atoms with E-state index in [1.807, 2.05) is 18.2 Å². The third kappa shape index (κ3) is 8.93. The number of cyclic esters (lactones) is 1. The summed E-state index contributed by atoms with van der Waals surface area (Å²) in [6, 6.07) is 3.10. The van der Waals surface area contributed by atoms with E-state index in [0.717, 1.165) is 11.1 Å². The molecule has 1 unspecified atom stereocenters. The van der Waals surface area contributed by atoms with Gasteiger partial charge >= 0.3 is 12.2 Å². The molecule has 2 saturated carbocycles.